The van der Waals surface area contributed by atoms with Crippen molar-refractivity contribution < 1.29 is 23.5 Å². The quantitative estimate of drug-likeness (QED) is 0.906. The molecule has 0 unspecified atom stereocenters. The molecule has 1 aromatic heterocycles. The smallest absolute Gasteiger partial charge is 0.335 e. The number of amides is 1. The van der Waals surface area contributed by atoms with Crippen LogP contribution in [0, 0.1) is 12.7 Å². The van der Waals surface area contributed by atoms with Crippen LogP contribution < -0.4 is 5.32 Å². The molecular formula is C15H13FN2O4. The summed E-state index contributed by atoms with van der Waals surface area (Å²) in [5, 5.41) is 11.2. The summed E-state index contributed by atoms with van der Waals surface area (Å²) in [4.78, 5) is 27.2. The number of nitrogens with zero attached hydrogens (tertiary/aromatic N) is 1. The van der Waals surface area contributed by atoms with Gasteiger partial charge in [-0.3, -0.25) is 4.79 Å². The Morgan fingerprint density at radius 1 is 1.41 bits per heavy atom. The number of oxazole rings is 1. The number of carboxylic acids is 1. The monoisotopic (exact) mass is 304 g/mol. The van der Waals surface area contributed by atoms with Crippen LogP contribution in [-0.2, 0) is 0 Å². The Morgan fingerprint density at radius 2 is 2.14 bits per heavy atom. The molecule has 1 amide bonds. The highest BCUT2D eigenvalue weighted by Gasteiger charge is 2.31. The van der Waals surface area contributed by atoms with Crippen LogP contribution >= 0.6 is 0 Å². The first-order valence-electron chi connectivity index (χ1n) is 6.77. The number of aromatic carboxylic acids is 1. The summed E-state index contributed by atoms with van der Waals surface area (Å²) in [6.07, 6.45) is 1.96. The molecule has 1 heterocycles. The second-order valence-corrected chi connectivity index (χ2v) is 5.19. The molecule has 3 rings (SSSR count). The van der Waals surface area contributed by atoms with Crippen LogP contribution in [-0.4, -0.2) is 22.0 Å². The van der Waals surface area contributed by atoms with Crippen molar-refractivity contribution >= 4 is 17.6 Å². The van der Waals surface area contributed by atoms with E-state index in [4.69, 9.17) is 9.52 Å². The molecule has 114 valence electrons. The van der Waals surface area contributed by atoms with Crippen molar-refractivity contribution in [3.63, 3.8) is 0 Å². The minimum atomic E-state index is -1.21. The standard InChI is InChI=1S/C15H13FN2O4/c1-7-12(22-14(17-7)8-2-3-8)13(19)18-11-6-9(15(20)21)4-5-10(11)16/h4-6,8H,2-3H2,1H3,(H,18,19)(H,20,21). The fraction of sp³-hybridized carbons (Fsp3) is 0.267. The summed E-state index contributed by atoms with van der Waals surface area (Å²) in [6.45, 7) is 1.63. The van der Waals surface area contributed by atoms with Gasteiger partial charge in [0.1, 0.15) is 5.82 Å². The highest BCUT2D eigenvalue weighted by Crippen LogP contribution is 2.40. The Bertz CT molecular complexity index is 765. The Balaban J connectivity index is 1.84. The molecule has 0 spiro atoms. The zero-order valence-electron chi connectivity index (χ0n) is 11.7. The molecule has 2 N–H and O–H groups in total. The molecule has 22 heavy (non-hydrogen) atoms. The summed E-state index contributed by atoms with van der Waals surface area (Å²) in [7, 11) is 0. The van der Waals surface area contributed by atoms with Crippen molar-refractivity contribution in [2.45, 2.75) is 25.7 Å². The molecule has 0 aliphatic heterocycles. The van der Waals surface area contributed by atoms with Crippen molar-refractivity contribution in [1.29, 1.82) is 0 Å². The van der Waals surface area contributed by atoms with E-state index in [-0.39, 0.29) is 22.9 Å². The Kier molecular flexibility index (Phi) is 3.40. The average Bonchev–Trinajstić information content (AvgIpc) is 3.24. The topological polar surface area (TPSA) is 92.4 Å². The number of rotatable bonds is 4. The number of hydrogen-bond donors (Lipinski definition) is 2. The van der Waals surface area contributed by atoms with E-state index in [1.165, 1.54) is 0 Å². The van der Waals surface area contributed by atoms with Crippen molar-refractivity contribution in [1.82, 2.24) is 4.98 Å². The van der Waals surface area contributed by atoms with Crippen LogP contribution in [0.3, 0.4) is 0 Å². The van der Waals surface area contributed by atoms with Gasteiger partial charge in [0.05, 0.1) is 16.9 Å². The maximum absolute atomic E-state index is 13.7. The Morgan fingerprint density at radius 3 is 2.77 bits per heavy atom. The average molecular weight is 304 g/mol. The highest BCUT2D eigenvalue weighted by atomic mass is 19.1. The summed E-state index contributed by atoms with van der Waals surface area (Å²) in [5.41, 5.74) is 0.0903. The first-order valence-corrected chi connectivity index (χ1v) is 6.77. The van der Waals surface area contributed by atoms with Crippen molar-refractivity contribution in [3.8, 4) is 0 Å². The number of anilines is 1. The van der Waals surface area contributed by atoms with Crippen molar-refractivity contribution in [2.24, 2.45) is 0 Å². The van der Waals surface area contributed by atoms with Gasteiger partial charge in [-0.25, -0.2) is 14.2 Å². The van der Waals surface area contributed by atoms with Crippen LogP contribution in [0.25, 0.3) is 0 Å². The molecule has 0 atom stereocenters. The molecular weight excluding hydrogens is 291 g/mol. The van der Waals surface area contributed by atoms with Gasteiger partial charge in [-0.1, -0.05) is 0 Å². The lowest BCUT2D eigenvalue weighted by atomic mass is 10.2. The van der Waals surface area contributed by atoms with Gasteiger partial charge >= 0.3 is 5.97 Å². The van der Waals surface area contributed by atoms with Gasteiger partial charge in [0.2, 0.25) is 5.76 Å². The minimum absolute atomic E-state index is 0.0158. The fourth-order valence-corrected chi connectivity index (χ4v) is 2.07. The fourth-order valence-electron chi connectivity index (χ4n) is 2.07. The third-order valence-electron chi connectivity index (χ3n) is 3.41. The first-order chi connectivity index (χ1) is 10.5. The summed E-state index contributed by atoms with van der Waals surface area (Å²) in [5.74, 6) is -1.80. The zero-order chi connectivity index (χ0) is 15.9. The molecule has 1 aliphatic carbocycles. The van der Waals surface area contributed by atoms with E-state index in [9.17, 15) is 14.0 Å². The van der Waals surface area contributed by atoms with Crippen molar-refractivity contribution in [2.75, 3.05) is 5.32 Å². The number of benzene rings is 1. The Labute approximate surface area is 125 Å². The Hall–Kier alpha value is -2.70. The lowest BCUT2D eigenvalue weighted by Gasteiger charge is -2.06. The number of carbonyl (C=O) groups is 2. The number of aromatic nitrogens is 1. The normalized spacial score (nSPS) is 13.9. The molecule has 2 aromatic rings. The predicted octanol–water partition coefficient (Wildman–Crippen LogP) is 2.95. The molecule has 0 radical (unpaired) electrons. The lowest BCUT2D eigenvalue weighted by molar-refractivity contribution is 0.0696. The maximum atomic E-state index is 13.7. The van der Waals surface area contributed by atoms with Crippen LogP contribution in [0.4, 0.5) is 10.1 Å². The van der Waals surface area contributed by atoms with E-state index in [0.717, 1.165) is 31.0 Å². The number of carbonyl (C=O) groups excluding carboxylic acids is 1. The van der Waals surface area contributed by atoms with Gasteiger partial charge in [-0.15, -0.1) is 0 Å². The number of nitrogens with one attached hydrogen (secondary N) is 1. The van der Waals surface area contributed by atoms with Crippen LogP contribution in [0.15, 0.2) is 22.6 Å². The molecule has 1 fully saturated rings. The van der Waals surface area contributed by atoms with E-state index in [1.54, 1.807) is 6.92 Å². The second-order valence-electron chi connectivity index (χ2n) is 5.19. The van der Waals surface area contributed by atoms with Gasteiger partial charge in [0, 0.05) is 5.92 Å². The molecule has 0 bridgehead atoms. The third-order valence-corrected chi connectivity index (χ3v) is 3.41. The second kappa shape index (κ2) is 5.25. The lowest BCUT2D eigenvalue weighted by Crippen LogP contribution is -2.14. The number of carboxylic acid groups (broad SMARTS) is 1. The molecule has 0 saturated heterocycles. The molecule has 7 heteroatoms. The van der Waals surface area contributed by atoms with Gasteiger partial charge in [-0.2, -0.15) is 0 Å². The number of aryl methyl sites for hydroxylation is 1. The van der Waals surface area contributed by atoms with Crippen molar-refractivity contribution in [3.05, 3.63) is 46.9 Å². The van der Waals surface area contributed by atoms with E-state index in [1.807, 2.05) is 0 Å². The van der Waals surface area contributed by atoms with Gasteiger partial charge in [-0.05, 0) is 38.0 Å². The van der Waals surface area contributed by atoms with Gasteiger partial charge < -0.3 is 14.8 Å². The summed E-state index contributed by atoms with van der Waals surface area (Å²) >= 11 is 0. The molecule has 1 aliphatic rings. The SMILES string of the molecule is Cc1nc(C2CC2)oc1C(=O)Nc1cc(C(=O)O)ccc1F. The first kappa shape index (κ1) is 14.2. The summed E-state index contributed by atoms with van der Waals surface area (Å²) in [6, 6.07) is 3.17. The molecule has 1 saturated carbocycles. The largest absolute Gasteiger partial charge is 0.478 e. The molecule has 6 nitrogen and oxygen atoms in total. The number of hydrogen-bond acceptors (Lipinski definition) is 4. The summed E-state index contributed by atoms with van der Waals surface area (Å²) < 4.78 is 19.1. The van der Waals surface area contributed by atoms with E-state index >= 15 is 0 Å². The van der Waals surface area contributed by atoms with Crippen LogP contribution in [0.1, 0.15) is 51.3 Å². The van der Waals surface area contributed by atoms with Gasteiger partial charge in [0.25, 0.3) is 5.91 Å². The van der Waals surface area contributed by atoms with Crippen LogP contribution in [0.5, 0.6) is 0 Å². The van der Waals surface area contributed by atoms with Gasteiger partial charge in [0.15, 0.2) is 5.89 Å². The highest BCUT2D eigenvalue weighted by molar-refractivity contribution is 6.03. The minimum Gasteiger partial charge on any atom is -0.478 e. The van der Waals surface area contributed by atoms with E-state index < -0.39 is 17.7 Å². The maximum Gasteiger partial charge on any atom is 0.335 e. The molecule has 1 aromatic carbocycles. The third kappa shape index (κ3) is 2.69. The zero-order valence-corrected chi connectivity index (χ0v) is 11.7. The number of halogens is 1. The van der Waals surface area contributed by atoms with E-state index in [2.05, 4.69) is 10.3 Å². The van der Waals surface area contributed by atoms with Crippen LogP contribution in [0.2, 0.25) is 0 Å². The predicted molar refractivity (Wildman–Crippen MR) is 74.5 cm³/mol. The van der Waals surface area contributed by atoms with E-state index in [0.29, 0.717) is 11.6 Å².